The van der Waals surface area contributed by atoms with Crippen LogP contribution in [0.3, 0.4) is 0 Å². The van der Waals surface area contributed by atoms with E-state index >= 15 is 0 Å². The summed E-state index contributed by atoms with van der Waals surface area (Å²) in [4.78, 5) is 45.2. The van der Waals surface area contributed by atoms with Gasteiger partial charge in [0.2, 0.25) is 11.8 Å². The molecule has 118 valence electrons. The van der Waals surface area contributed by atoms with Gasteiger partial charge in [-0.1, -0.05) is 6.07 Å². The number of carbonyl (C=O) groups excluding carboxylic acids is 4. The Labute approximate surface area is 128 Å². The molecule has 7 heteroatoms. The van der Waals surface area contributed by atoms with E-state index in [4.69, 9.17) is 4.74 Å². The van der Waals surface area contributed by atoms with Crippen molar-refractivity contribution in [3.63, 3.8) is 0 Å². The monoisotopic (exact) mass is 306 g/mol. The van der Waals surface area contributed by atoms with Crippen LogP contribution in [0.4, 0.5) is 11.4 Å². The molecule has 0 unspecified atom stereocenters. The van der Waals surface area contributed by atoms with Gasteiger partial charge in [0.25, 0.3) is 0 Å². The van der Waals surface area contributed by atoms with E-state index in [2.05, 4.69) is 10.6 Å². The van der Waals surface area contributed by atoms with Crippen LogP contribution in [0.15, 0.2) is 18.2 Å². The van der Waals surface area contributed by atoms with Gasteiger partial charge in [-0.2, -0.15) is 0 Å². The number of hydrogen-bond donors (Lipinski definition) is 2. The van der Waals surface area contributed by atoms with Crippen molar-refractivity contribution in [2.24, 2.45) is 0 Å². The minimum atomic E-state index is -0.474. The topological polar surface area (TPSA) is 102 Å². The lowest BCUT2D eigenvalue weighted by Crippen LogP contribution is -2.17. The van der Waals surface area contributed by atoms with Crippen molar-refractivity contribution >= 4 is 34.8 Å². The second kappa shape index (κ2) is 7.92. The van der Waals surface area contributed by atoms with E-state index in [1.54, 1.807) is 18.2 Å². The largest absolute Gasteiger partial charge is 0.492 e. The fourth-order valence-corrected chi connectivity index (χ4v) is 1.79. The number of carbonyl (C=O) groups is 4. The lowest BCUT2D eigenvalue weighted by molar-refractivity contribution is -0.125. The molecule has 0 aromatic heterocycles. The molecule has 1 aromatic carbocycles. The lowest BCUT2D eigenvalue weighted by Gasteiger charge is -2.14. The third-order valence-electron chi connectivity index (χ3n) is 2.59. The SMILES string of the molecule is COc1c(NC(=O)CC(C)=O)cccc1NC(=O)CC(C)=O. The summed E-state index contributed by atoms with van der Waals surface area (Å²) in [5.41, 5.74) is 0.656. The summed E-state index contributed by atoms with van der Waals surface area (Å²) in [7, 11) is 1.39. The molecule has 0 atom stereocenters. The van der Waals surface area contributed by atoms with Gasteiger partial charge in [0.05, 0.1) is 31.3 Å². The van der Waals surface area contributed by atoms with Gasteiger partial charge in [0.15, 0.2) is 5.75 Å². The minimum absolute atomic E-state index is 0.246. The first kappa shape index (κ1) is 17.4. The number of anilines is 2. The molecule has 2 N–H and O–H groups in total. The number of amides is 2. The first-order chi connectivity index (χ1) is 10.3. The first-order valence-corrected chi connectivity index (χ1v) is 6.59. The van der Waals surface area contributed by atoms with Gasteiger partial charge in [0, 0.05) is 0 Å². The maximum Gasteiger partial charge on any atom is 0.231 e. The fourth-order valence-electron chi connectivity index (χ4n) is 1.79. The molecule has 0 bridgehead atoms. The summed E-state index contributed by atoms with van der Waals surface area (Å²) in [5.74, 6) is -1.22. The molecule has 1 aromatic rings. The highest BCUT2D eigenvalue weighted by Crippen LogP contribution is 2.33. The number of nitrogens with one attached hydrogen (secondary N) is 2. The van der Waals surface area contributed by atoms with Gasteiger partial charge >= 0.3 is 0 Å². The predicted molar refractivity (Wildman–Crippen MR) is 80.8 cm³/mol. The molecule has 0 heterocycles. The molecule has 0 aliphatic carbocycles. The number of Topliss-reactive ketones (excluding diaryl/α,β-unsaturated/α-hetero) is 2. The Balaban J connectivity index is 2.94. The molecular weight excluding hydrogens is 288 g/mol. The predicted octanol–water partition coefficient (Wildman–Crippen LogP) is 1.53. The van der Waals surface area contributed by atoms with Crippen LogP contribution in [-0.4, -0.2) is 30.5 Å². The summed E-state index contributed by atoms with van der Waals surface area (Å²) in [5, 5.41) is 5.09. The third kappa shape index (κ3) is 5.35. The van der Waals surface area contributed by atoms with Crippen LogP contribution in [0.1, 0.15) is 26.7 Å². The zero-order valence-electron chi connectivity index (χ0n) is 12.7. The van der Waals surface area contributed by atoms with Gasteiger partial charge in [0.1, 0.15) is 11.6 Å². The second-order valence-electron chi connectivity index (χ2n) is 4.74. The standard InChI is InChI=1S/C15H18N2O5/c1-9(18)7-13(20)16-11-5-4-6-12(15(11)22-3)17-14(21)8-10(2)19/h4-6H,7-8H2,1-3H3,(H,16,20)(H,17,21). The van der Waals surface area contributed by atoms with Crippen LogP contribution >= 0.6 is 0 Å². The molecule has 0 aliphatic heterocycles. The highest BCUT2D eigenvalue weighted by molar-refractivity contribution is 6.06. The minimum Gasteiger partial charge on any atom is -0.492 e. The highest BCUT2D eigenvalue weighted by Gasteiger charge is 2.15. The molecule has 0 saturated heterocycles. The van der Waals surface area contributed by atoms with Gasteiger partial charge in [-0.15, -0.1) is 0 Å². The van der Waals surface area contributed by atoms with Crippen LogP contribution in [0, 0.1) is 0 Å². The average Bonchev–Trinajstić information content (AvgIpc) is 2.36. The second-order valence-corrected chi connectivity index (χ2v) is 4.74. The molecule has 0 saturated carbocycles. The molecule has 0 aliphatic rings. The molecule has 22 heavy (non-hydrogen) atoms. The van der Waals surface area contributed by atoms with Gasteiger partial charge in [-0.05, 0) is 26.0 Å². The molecule has 2 amide bonds. The van der Waals surface area contributed by atoms with Crippen molar-refractivity contribution in [2.75, 3.05) is 17.7 Å². The number of ketones is 2. The highest BCUT2D eigenvalue weighted by atomic mass is 16.5. The molecule has 1 rings (SSSR count). The summed E-state index contributed by atoms with van der Waals surface area (Å²) < 4.78 is 5.19. The molecular formula is C15H18N2O5. The van der Waals surface area contributed by atoms with Crippen molar-refractivity contribution in [1.82, 2.24) is 0 Å². The Morgan fingerprint density at radius 1 is 0.909 bits per heavy atom. The first-order valence-electron chi connectivity index (χ1n) is 6.59. The Hall–Kier alpha value is -2.70. The van der Waals surface area contributed by atoms with E-state index in [9.17, 15) is 19.2 Å². The van der Waals surface area contributed by atoms with Gasteiger partial charge in [-0.25, -0.2) is 0 Å². The van der Waals surface area contributed by atoms with E-state index < -0.39 is 11.8 Å². The van der Waals surface area contributed by atoms with Crippen molar-refractivity contribution < 1.29 is 23.9 Å². The van der Waals surface area contributed by atoms with E-state index in [0.717, 1.165) is 0 Å². The molecule has 0 radical (unpaired) electrons. The summed E-state index contributed by atoms with van der Waals surface area (Å²) in [6, 6.07) is 4.77. The maximum atomic E-state index is 11.7. The zero-order chi connectivity index (χ0) is 16.7. The van der Waals surface area contributed by atoms with Crippen LogP contribution in [0.25, 0.3) is 0 Å². The number of para-hydroxylation sites is 1. The number of hydrogen-bond acceptors (Lipinski definition) is 5. The van der Waals surface area contributed by atoms with Gasteiger partial charge in [-0.3, -0.25) is 19.2 Å². The van der Waals surface area contributed by atoms with Crippen LogP contribution in [0.2, 0.25) is 0 Å². The number of methoxy groups -OCH3 is 1. The van der Waals surface area contributed by atoms with Crippen molar-refractivity contribution in [2.45, 2.75) is 26.7 Å². The summed E-state index contributed by atoms with van der Waals surface area (Å²) in [6.45, 7) is 2.63. The Bertz CT molecular complexity index is 562. The summed E-state index contributed by atoms with van der Waals surface area (Å²) in [6.07, 6.45) is -0.492. The van der Waals surface area contributed by atoms with E-state index in [1.807, 2.05) is 0 Å². The van der Waals surface area contributed by atoms with Crippen LogP contribution in [-0.2, 0) is 19.2 Å². The molecule has 0 spiro atoms. The van der Waals surface area contributed by atoms with Gasteiger partial charge < -0.3 is 15.4 Å². The molecule has 0 fully saturated rings. The molecule has 7 nitrogen and oxygen atoms in total. The quantitative estimate of drug-likeness (QED) is 0.744. The van der Waals surface area contributed by atoms with Crippen molar-refractivity contribution in [3.05, 3.63) is 18.2 Å². The average molecular weight is 306 g/mol. The third-order valence-corrected chi connectivity index (χ3v) is 2.59. The van der Waals surface area contributed by atoms with E-state index in [1.165, 1.54) is 21.0 Å². The Morgan fingerprint density at radius 2 is 1.32 bits per heavy atom. The van der Waals surface area contributed by atoms with Crippen molar-refractivity contribution in [3.8, 4) is 5.75 Å². The van der Waals surface area contributed by atoms with E-state index in [-0.39, 0.29) is 30.2 Å². The normalized spacial score (nSPS) is 9.77. The number of ether oxygens (including phenoxy) is 1. The maximum absolute atomic E-state index is 11.7. The van der Waals surface area contributed by atoms with Crippen LogP contribution < -0.4 is 15.4 Å². The number of rotatable bonds is 7. The number of benzene rings is 1. The Morgan fingerprint density at radius 3 is 1.64 bits per heavy atom. The van der Waals surface area contributed by atoms with Crippen LogP contribution in [0.5, 0.6) is 5.75 Å². The Kier molecular flexibility index (Phi) is 6.25. The van der Waals surface area contributed by atoms with Crippen molar-refractivity contribution in [1.29, 1.82) is 0 Å². The fraction of sp³-hybridized carbons (Fsp3) is 0.333. The lowest BCUT2D eigenvalue weighted by atomic mass is 10.2. The smallest absolute Gasteiger partial charge is 0.231 e. The van der Waals surface area contributed by atoms with E-state index in [0.29, 0.717) is 11.4 Å². The summed E-state index contributed by atoms with van der Waals surface area (Å²) >= 11 is 0. The zero-order valence-corrected chi connectivity index (χ0v) is 12.7.